The topological polar surface area (TPSA) is 19.6 Å². The van der Waals surface area contributed by atoms with Crippen LogP contribution in [0.2, 0.25) is 0 Å². The van der Waals surface area contributed by atoms with Crippen LogP contribution in [0.25, 0.3) is 0 Å². The van der Waals surface area contributed by atoms with E-state index in [1.807, 2.05) is 6.26 Å². The van der Waals surface area contributed by atoms with Crippen LogP contribution in [-0.2, 0) is 13.1 Å². The molecule has 1 spiro atoms. The molecule has 0 aliphatic carbocycles. The first-order valence-electron chi connectivity index (χ1n) is 9.72. The summed E-state index contributed by atoms with van der Waals surface area (Å²) >= 11 is 0. The van der Waals surface area contributed by atoms with Gasteiger partial charge in [-0.25, -0.2) is 0 Å². The number of hydrogen-bond donors (Lipinski definition) is 0. The zero-order chi connectivity index (χ0) is 17.1. The molecule has 2 aliphatic heterocycles. The lowest BCUT2D eigenvalue weighted by Gasteiger charge is -2.47. The Hall–Kier alpha value is -1.58. The van der Waals surface area contributed by atoms with Gasteiger partial charge in [0.1, 0.15) is 0 Å². The van der Waals surface area contributed by atoms with Gasteiger partial charge in [-0.3, -0.25) is 9.80 Å². The van der Waals surface area contributed by atoms with E-state index in [-0.39, 0.29) is 0 Å². The SMILES string of the molecule is Cc1ccc(CN2CCC3(CC2)CCN(Cc2ccoc2)CC3)cc1. The van der Waals surface area contributed by atoms with E-state index in [2.05, 4.69) is 47.1 Å². The predicted molar refractivity (Wildman–Crippen MR) is 101 cm³/mol. The van der Waals surface area contributed by atoms with Gasteiger partial charge in [0, 0.05) is 18.7 Å². The fourth-order valence-electron chi connectivity index (χ4n) is 4.46. The first-order valence-corrected chi connectivity index (χ1v) is 9.72. The fourth-order valence-corrected chi connectivity index (χ4v) is 4.46. The normalized spacial score (nSPS) is 21.6. The number of hydrogen-bond acceptors (Lipinski definition) is 3. The number of aryl methyl sites for hydroxylation is 1. The molecule has 0 saturated carbocycles. The molecule has 3 nitrogen and oxygen atoms in total. The van der Waals surface area contributed by atoms with Crippen LogP contribution < -0.4 is 0 Å². The Morgan fingerprint density at radius 3 is 1.88 bits per heavy atom. The molecule has 3 heterocycles. The van der Waals surface area contributed by atoms with E-state index in [4.69, 9.17) is 4.42 Å². The first kappa shape index (κ1) is 16.9. The average molecular weight is 338 g/mol. The van der Waals surface area contributed by atoms with Gasteiger partial charge in [0.15, 0.2) is 0 Å². The van der Waals surface area contributed by atoms with Crippen LogP contribution in [0.15, 0.2) is 47.3 Å². The molecule has 2 saturated heterocycles. The molecule has 0 N–H and O–H groups in total. The van der Waals surface area contributed by atoms with E-state index in [1.54, 1.807) is 6.26 Å². The van der Waals surface area contributed by atoms with Gasteiger partial charge >= 0.3 is 0 Å². The second kappa shape index (κ2) is 7.35. The molecule has 3 heteroatoms. The summed E-state index contributed by atoms with van der Waals surface area (Å²) in [5, 5.41) is 0. The molecule has 134 valence electrons. The number of nitrogens with zero attached hydrogens (tertiary/aromatic N) is 2. The number of piperidine rings is 2. The molecule has 4 rings (SSSR count). The van der Waals surface area contributed by atoms with Crippen molar-refractivity contribution in [1.29, 1.82) is 0 Å². The molecule has 2 aliphatic rings. The molecule has 0 unspecified atom stereocenters. The number of benzene rings is 1. The van der Waals surface area contributed by atoms with Gasteiger partial charge < -0.3 is 4.42 Å². The minimum atomic E-state index is 0.608. The number of likely N-dealkylation sites (tertiary alicyclic amines) is 2. The predicted octanol–water partition coefficient (Wildman–Crippen LogP) is 4.47. The molecular weight excluding hydrogens is 308 g/mol. The van der Waals surface area contributed by atoms with Crippen molar-refractivity contribution in [2.75, 3.05) is 26.2 Å². The quantitative estimate of drug-likeness (QED) is 0.820. The van der Waals surface area contributed by atoms with Gasteiger partial charge in [-0.15, -0.1) is 0 Å². The van der Waals surface area contributed by atoms with Crippen molar-refractivity contribution in [3.05, 3.63) is 59.5 Å². The van der Waals surface area contributed by atoms with Gasteiger partial charge in [0.2, 0.25) is 0 Å². The molecule has 0 atom stereocenters. The van der Waals surface area contributed by atoms with Crippen molar-refractivity contribution in [2.24, 2.45) is 5.41 Å². The third-order valence-corrected chi connectivity index (χ3v) is 6.35. The fraction of sp³-hybridized carbons (Fsp3) is 0.545. The highest BCUT2D eigenvalue weighted by atomic mass is 16.3. The lowest BCUT2D eigenvalue weighted by molar-refractivity contribution is 0.0299. The summed E-state index contributed by atoms with van der Waals surface area (Å²) in [6.45, 7) is 9.32. The summed E-state index contributed by atoms with van der Waals surface area (Å²) in [5.74, 6) is 0. The van der Waals surface area contributed by atoms with Gasteiger partial charge in [0.05, 0.1) is 12.5 Å². The number of rotatable bonds is 4. The molecule has 2 fully saturated rings. The van der Waals surface area contributed by atoms with E-state index in [0.29, 0.717) is 5.41 Å². The molecule has 0 amide bonds. The Bertz CT molecular complexity index is 644. The lowest BCUT2D eigenvalue weighted by atomic mass is 9.71. The molecule has 0 radical (unpaired) electrons. The van der Waals surface area contributed by atoms with Crippen molar-refractivity contribution in [2.45, 2.75) is 45.7 Å². The van der Waals surface area contributed by atoms with Crippen molar-refractivity contribution in [1.82, 2.24) is 9.80 Å². The Labute approximate surface area is 151 Å². The van der Waals surface area contributed by atoms with Crippen LogP contribution in [0.1, 0.15) is 42.4 Å². The Kier molecular flexibility index (Phi) is 4.96. The molecule has 25 heavy (non-hydrogen) atoms. The van der Waals surface area contributed by atoms with Crippen molar-refractivity contribution >= 4 is 0 Å². The van der Waals surface area contributed by atoms with Gasteiger partial charge in [0.25, 0.3) is 0 Å². The highest BCUT2D eigenvalue weighted by molar-refractivity contribution is 5.21. The monoisotopic (exact) mass is 338 g/mol. The second-order valence-electron chi connectivity index (χ2n) is 8.17. The summed E-state index contributed by atoms with van der Waals surface area (Å²) in [4.78, 5) is 5.24. The van der Waals surface area contributed by atoms with E-state index < -0.39 is 0 Å². The second-order valence-corrected chi connectivity index (χ2v) is 8.17. The Morgan fingerprint density at radius 2 is 1.36 bits per heavy atom. The largest absolute Gasteiger partial charge is 0.472 e. The average Bonchev–Trinajstić information content (AvgIpc) is 3.14. The van der Waals surface area contributed by atoms with E-state index in [0.717, 1.165) is 13.1 Å². The summed E-state index contributed by atoms with van der Waals surface area (Å²) in [6.07, 6.45) is 9.14. The number of furan rings is 1. The molecule has 1 aromatic heterocycles. The van der Waals surface area contributed by atoms with Crippen LogP contribution in [0.5, 0.6) is 0 Å². The first-order chi connectivity index (χ1) is 12.2. The molecule has 0 bridgehead atoms. The zero-order valence-electron chi connectivity index (χ0n) is 15.4. The van der Waals surface area contributed by atoms with Crippen molar-refractivity contribution in [3.63, 3.8) is 0 Å². The maximum Gasteiger partial charge on any atom is 0.0947 e. The van der Waals surface area contributed by atoms with Crippen LogP contribution in [-0.4, -0.2) is 36.0 Å². The molecule has 2 aromatic rings. The minimum absolute atomic E-state index is 0.608. The Balaban J connectivity index is 1.25. The standard InChI is InChI=1S/C22H30N2O/c1-19-2-4-20(5-3-19)16-23-11-7-22(8-12-23)9-13-24(14-10-22)17-21-6-15-25-18-21/h2-6,15,18H,7-14,16-17H2,1H3. The van der Waals surface area contributed by atoms with E-state index >= 15 is 0 Å². The van der Waals surface area contributed by atoms with E-state index in [9.17, 15) is 0 Å². The lowest BCUT2D eigenvalue weighted by Crippen LogP contribution is -2.46. The highest BCUT2D eigenvalue weighted by Crippen LogP contribution is 2.41. The van der Waals surface area contributed by atoms with E-state index in [1.165, 1.54) is 68.6 Å². The van der Waals surface area contributed by atoms with Crippen LogP contribution in [0, 0.1) is 12.3 Å². The molecular formula is C22H30N2O. The maximum absolute atomic E-state index is 5.20. The van der Waals surface area contributed by atoms with Gasteiger partial charge in [-0.2, -0.15) is 0 Å². The van der Waals surface area contributed by atoms with Gasteiger partial charge in [-0.05, 0) is 75.8 Å². The van der Waals surface area contributed by atoms with Crippen LogP contribution in [0.3, 0.4) is 0 Å². The summed E-state index contributed by atoms with van der Waals surface area (Å²) in [6, 6.07) is 11.1. The minimum Gasteiger partial charge on any atom is -0.472 e. The maximum atomic E-state index is 5.20. The smallest absolute Gasteiger partial charge is 0.0947 e. The highest BCUT2D eigenvalue weighted by Gasteiger charge is 2.37. The van der Waals surface area contributed by atoms with Crippen molar-refractivity contribution < 1.29 is 4.42 Å². The van der Waals surface area contributed by atoms with Gasteiger partial charge in [-0.1, -0.05) is 29.8 Å². The molecule has 1 aromatic carbocycles. The third kappa shape index (κ3) is 4.16. The van der Waals surface area contributed by atoms with Crippen molar-refractivity contribution in [3.8, 4) is 0 Å². The summed E-state index contributed by atoms with van der Waals surface area (Å²) in [7, 11) is 0. The summed E-state index contributed by atoms with van der Waals surface area (Å²) in [5.41, 5.74) is 4.72. The van der Waals surface area contributed by atoms with Crippen LogP contribution in [0.4, 0.5) is 0 Å². The third-order valence-electron chi connectivity index (χ3n) is 6.35. The van der Waals surface area contributed by atoms with Crippen LogP contribution >= 0.6 is 0 Å². The summed E-state index contributed by atoms with van der Waals surface area (Å²) < 4.78 is 5.20. The zero-order valence-corrected chi connectivity index (χ0v) is 15.4. The Morgan fingerprint density at radius 1 is 0.800 bits per heavy atom.